The summed E-state index contributed by atoms with van der Waals surface area (Å²) in [4.78, 5) is 0. The number of phenols is 1. The van der Waals surface area contributed by atoms with Crippen molar-refractivity contribution in [1.82, 2.24) is 10.0 Å². The molecular formula is C14H24N2O3S. The Morgan fingerprint density at radius 2 is 1.70 bits per heavy atom. The lowest BCUT2D eigenvalue weighted by Gasteiger charge is -2.25. The number of aryl methyl sites for hydroxylation is 2. The van der Waals surface area contributed by atoms with E-state index in [0.717, 1.165) is 22.9 Å². The summed E-state index contributed by atoms with van der Waals surface area (Å²) in [5, 5.41) is 12.9. The van der Waals surface area contributed by atoms with Crippen LogP contribution in [0.15, 0.2) is 12.1 Å². The summed E-state index contributed by atoms with van der Waals surface area (Å²) in [6, 6.07) is 3.85. The molecule has 1 rings (SSSR count). The molecule has 0 aromatic heterocycles. The molecule has 0 fully saturated rings. The minimum atomic E-state index is -3.22. The van der Waals surface area contributed by atoms with Crippen molar-refractivity contribution in [3.8, 4) is 5.75 Å². The van der Waals surface area contributed by atoms with E-state index >= 15 is 0 Å². The number of rotatable bonds is 6. The Bertz CT molecular complexity index is 557. The molecule has 0 amide bonds. The van der Waals surface area contributed by atoms with Crippen LogP contribution in [-0.4, -0.2) is 31.9 Å². The lowest BCUT2D eigenvalue weighted by Crippen LogP contribution is -2.49. The van der Waals surface area contributed by atoms with E-state index in [1.165, 1.54) is 0 Å². The van der Waals surface area contributed by atoms with Crippen LogP contribution in [0.4, 0.5) is 0 Å². The van der Waals surface area contributed by atoms with E-state index in [1.807, 2.05) is 39.8 Å². The molecule has 1 aromatic carbocycles. The molecule has 0 aliphatic rings. The van der Waals surface area contributed by atoms with Crippen molar-refractivity contribution in [2.24, 2.45) is 0 Å². The molecule has 0 spiro atoms. The SMILES string of the molecule is Cc1cc(CNCC(C)(C)NS(C)(=O)=O)cc(C)c1O. The molecule has 0 atom stereocenters. The number of benzene rings is 1. The Morgan fingerprint density at radius 1 is 1.20 bits per heavy atom. The van der Waals surface area contributed by atoms with E-state index in [2.05, 4.69) is 10.0 Å². The standard InChI is InChI=1S/C14H24N2O3S/c1-10-6-12(7-11(2)13(10)17)8-15-9-14(3,4)16-20(5,18)19/h6-7,15-17H,8-9H2,1-5H3. The zero-order valence-corrected chi connectivity index (χ0v) is 13.6. The zero-order valence-electron chi connectivity index (χ0n) is 12.7. The maximum absolute atomic E-state index is 11.2. The number of hydrogen-bond donors (Lipinski definition) is 3. The van der Waals surface area contributed by atoms with E-state index in [9.17, 15) is 13.5 Å². The molecular weight excluding hydrogens is 276 g/mol. The van der Waals surface area contributed by atoms with Gasteiger partial charge in [0.05, 0.1) is 6.26 Å². The van der Waals surface area contributed by atoms with Crippen molar-refractivity contribution >= 4 is 10.0 Å². The second-order valence-corrected chi connectivity index (χ2v) is 7.69. The van der Waals surface area contributed by atoms with Gasteiger partial charge >= 0.3 is 0 Å². The molecule has 0 radical (unpaired) electrons. The van der Waals surface area contributed by atoms with E-state index in [1.54, 1.807) is 0 Å². The highest BCUT2D eigenvalue weighted by Gasteiger charge is 2.21. The van der Waals surface area contributed by atoms with E-state index < -0.39 is 15.6 Å². The minimum absolute atomic E-state index is 0.327. The maximum Gasteiger partial charge on any atom is 0.209 e. The monoisotopic (exact) mass is 300 g/mol. The highest BCUT2D eigenvalue weighted by atomic mass is 32.2. The molecule has 0 heterocycles. The fraction of sp³-hybridized carbons (Fsp3) is 0.571. The fourth-order valence-corrected chi connectivity index (χ4v) is 3.28. The van der Waals surface area contributed by atoms with E-state index in [4.69, 9.17) is 0 Å². The molecule has 5 nitrogen and oxygen atoms in total. The predicted octanol–water partition coefficient (Wildman–Crippen LogP) is 1.43. The highest BCUT2D eigenvalue weighted by Crippen LogP contribution is 2.22. The molecule has 3 N–H and O–H groups in total. The quantitative estimate of drug-likeness (QED) is 0.742. The first-order valence-electron chi connectivity index (χ1n) is 6.49. The second-order valence-electron chi connectivity index (χ2n) is 5.94. The highest BCUT2D eigenvalue weighted by molar-refractivity contribution is 7.88. The van der Waals surface area contributed by atoms with Crippen LogP contribution in [0.1, 0.15) is 30.5 Å². The van der Waals surface area contributed by atoms with E-state index in [-0.39, 0.29) is 0 Å². The van der Waals surface area contributed by atoms with Crippen LogP contribution in [-0.2, 0) is 16.6 Å². The smallest absolute Gasteiger partial charge is 0.209 e. The molecule has 0 aliphatic carbocycles. The van der Waals surface area contributed by atoms with Crippen molar-refractivity contribution in [2.45, 2.75) is 39.8 Å². The number of phenolic OH excluding ortho intramolecular Hbond substituents is 1. The van der Waals surface area contributed by atoms with Gasteiger partial charge in [0.15, 0.2) is 0 Å². The van der Waals surface area contributed by atoms with Crippen LogP contribution in [0, 0.1) is 13.8 Å². The van der Waals surface area contributed by atoms with Crippen LogP contribution in [0.25, 0.3) is 0 Å². The fourth-order valence-electron chi connectivity index (χ4n) is 2.20. The Kier molecular flexibility index (Phi) is 5.18. The Hall–Kier alpha value is -1.11. The maximum atomic E-state index is 11.2. The van der Waals surface area contributed by atoms with Gasteiger partial charge in [0, 0.05) is 18.6 Å². The van der Waals surface area contributed by atoms with Crippen molar-refractivity contribution in [1.29, 1.82) is 0 Å². The molecule has 0 saturated heterocycles. The summed E-state index contributed by atoms with van der Waals surface area (Å²) in [6.07, 6.45) is 1.15. The van der Waals surface area contributed by atoms with Gasteiger partial charge in [-0.2, -0.15) is 0 Å². The van der Waals surface area contributed by atoms with Gasteiger partial charge in [-0.1, -0.05) is 12.1 Å². The molecule has 1 aromatic rings. The molecule has 0 bridgehead atoms. The Labute approximate surface area is 121 Å². The van der Waals surface area contributed by atoms with Gasteiger partial charge < -0.3 is 10.4 Å². The zero-order chi connectivity index (χ0) is 15.6. The summed E-state index contributed by atoms with van der Waals surface area (Å²) < 4.78 is 25.1. The average Bonchev–Trinajstić information content (AvgIpc) is 2.21. The molecule has 0 aliphatic heterocycles. The van der Waals surface area contributed by atoms with Gasteiger partial charge in [-0.05, 0) is 44.4 Å². The van der Waals surface area contributed by atoms with Gasteiger partial charge in [0.1, 0.15) is 5.75 Å². The van der Waals surface area contributed by atoms with Crippen LogP contribution in [0.3, 0.4) is 0 Å². The average molecular weight is 300 g/mol. The van der Waals surface area contributed by atoms with Gasteiger partial charge in [-0.3, -0.25) is 0 Å². The Morgan fingerprint density at radius 3 is 2.15 bits per heavy atom. The Balaban J connectivity index is 2.61. The second kappa shape index (κ2) is 6.11. The number of aromatic hydroxyl groups is 1. The summed E-state index contributed by atoms with van der Waals surface area (Å²) >= 11 is 0. The molecule has 0 unspecified atom stereocenters. The van der Waals surface area contributed by atoms with Crippen LogP contribution in [0.5, 0.6) is 5.75 Å². The topological polar surface area (TPSA) is 78.4 Å². The van der Waals surface area contributed by atoms with Gasteiger partial charge in [0.2, 0.25) is 10.0 Å². The normalized spacial score (nSPS) is 12.7. The van der Waals surface area contributed by atoms with Gasteiger partial charge in [-0.25, -0.2) is 13.1 Å². The third-order valence-corrected chi connectivity index (χ3v) is 3.83. The first-order chi connectivity index (χ1) is 9.00. The summed E-state index contributed by atoms with van der Waals surface area (Å²) in [6.45, 7) is 8.51. The lowest BCUT2D eigenvalue weighted by molar-refractivity contribution is 0.420. The lowest BCUT2D eigenvalue weighted by atomic mass is 10.0. The number of nitrogens with one attached hydrogen (secondary N) is 2. The van der Waals surface area contributed by atoms with Crippen LogP contribution < -0.4 is 10.0 Å². The van der Waals surface area contributed by atoms with Crippen molar-refractivity contribution in [3.05, 3.63) is 28.8 Å². The first kappa shape index (κ1) is 16.9. The van der Waals surface area contributed by atoms with Crippen molar-refractivity contribution in [3.63, 3.8) is 0 Å². The number of hydrogen-bond acceptors (Lipinski definition) is 4. The predicted molar refractivity (Wildman–Crippen MR) is 81.3 cm³/mol. The molecule has 114 valence electrons. The van der Waals surface area contributed by atoms with Crippen LogP contribution >= 0.6 is 0 Å². The molecule has 6 heteroatoms. The summed E-state index contributed by atoms with van der Waals surface area (Å²) in [5.41, 5.74) is 2.20. The molecule has 20 heavy (non-hydrogen) atoms. The van der Waals surface area contributed by atoms with Crippen molar-refractivity contribution in [2.75, 3.05) is 12.8 Å². The van der Waals surface area contributed by atoms with Crippen molar-refractivity contribution < 1.29 is 13.5 Å². The minimum Gasteiger partial charge on any atom is -0.507 e. The number of sulfonamides is 1. The summed E-state index contributed by atoms with van der Waals surface area (Å²) in [5.74, 6) is 0.327. The van der Waals surface area contributed by atoms with Gasteiger partial charge in [0.25, 0.3) is 0 Å². The van der Waals surface area contributed by atoms with Gasteiger partial charge in [-0.15, -0.1) is 0 Å². The third kappa shape index (κ3) is 5.48. The van der Waals surface area contributed by atoms with E-state index in [0.29, 0.717) is 18.8 Å². The van der Waals surface area contributed by atoms with Crippen LogP contribution in [0.2, 0.25) is 0 Å². The third-order valence-electron chi connectivity index (χ3n) is 2.91. The molecule has 0 saturated carbocycles. The largest absolute Gasteiger partial charge is 0.507 e. The summed E-state index contributed by atoms with van der Waals surface area (Å²) in [7, 11) is -3.22. The first-order valence-corrected chi connectivity index (χ1v) is 8.38.